The first kappa shape index (κ1) is 17.2. The second kappa shape index (κ2) is 7.49. The number of hydrogen-bond donors (Lipinski definition) is 0. The topological polar surface area (TPSA) is 37.4 Å². The first-order chi connectivity index (χ1) is 11.5. The molecule has 1 heterocycles. The molecule has 0 spiro atoms. The van der Waals surface area contributed by atoms with Gasteiger partial charge in [0.25, 0.3) is 0 Å². The molecular weight excluding hydrogens is 318 g/mol. The lowest BCUT2D eigenvalue weighted by Crippen LogP contribution is -2.35. The van der Waals surface area contributed by atoms with Gasteiger partial charge in [-0.1, -0.05) is 66.6 Å². The molecule has 0 bridgehead atoms. The lowest BCUT2D eigenvalue weighted by Gasteiger charge is -2.24. The molecule has 128 valence electrons. The largest absolute Gasteiger partial charge is 0.218 e. The highest BCUT2D eigenvalue weighted by Gasteiger charge is 2.28. The van der Waals surface area contributed by atoms with E-state index in [1.165, 1.54) is 5.56 Å². The van der Waals surface area contributed by atoms with Crippen molar-refractivity contribution in [2.45, 2.75) is 37.9 Å². The molecule has 0 radical (unpaired) electrons. The Bertz CT molecular complexity index is 754. The number of hydrogen-bond acceptors (Lipinski definition) is 2. The molecule has 0 N–H and O–H groups in total. The van der Waals surface area contributed by atoms with Gasteiger partial charge >= 0.3 is 0 Å². The number of sulfonamides is 1. The van der Waals surface area contributed by atoms with E-state index < -0.39 is 10.0 Å². The van der Waals surface area contributed by atoms with E-state index in [0.717, 1.165) is 30.4 Å². The molecule has 0 aromatic heterocycles. The van der Waals surface area contributed by atoms with Gasteiger partial charge in [-0.15, -0.1) is 0 Å². The average Bonchev–Trinajstić information content (AvgIpc) is 2.84. The Kier molecular flexibility index (Phi) is 5.36. The second-order valence-electron chi connectivity index (χ2n) is 6.70. The minimum absolute atomic E-state index is 0.0921. The van der Waals surface area contributed by atoms with Crippen LogP contribution >= 0.6 is 0 Å². The van der Waals surface area contributed by atoms with Crippen LogP contribution in [0.2, 0.25) is 0 Å². The predicted octanol–water partition coefficient (Wildman–Crippen LogP) is 4.09. The van der Waals surface area contributed by atoms with Gasteiger partial charge < -0.3 is 0 Å². The van der Waals surface area contributed by atoms with Gasteiger partial charge in [-0.3, -0.25) is 0 Å². The minimum Gasteiger partial charge on any atom is -0.212 e. The number of rotatable bonds is 4. The summed E-state index contributed by atoms with van der Waals surface area (Å²) in [4.78, 5) is 0. The van der Waals surface area contributed by atoms with Crippen LogP contribution in [0.25, 0.3) is 0 Å². The molecule has 4 heteroatoms. The van der Waals surface area contributed by atoms with Crippen LogP contribution in [-0.4, -0.2) is 25.8 Å². The molecule has 3 nitrogen and oxygen atoms in total. The van der Waals surface area contributed by atoms with Crippen LogP contribution in [-0.2, 0) is 15.8 Å². The van der Waals surface area contributed by atoms with Crippen molar-refractivity contribution in [3.05, 3.63) is 71.3 Å². The standard InChI is InChI=1S/C20H25NO2S/c1-17-10-12-18(13-11-17)16-24(22,23)21-14-6-5-9-20(15-21)19-7-3-2-4-8-19/h2-4,7-8,10-13,20H,5-6,9,14-16H2,1H3. The minimum atomic E-state index is -3.28. The van der Waals surface area contributed by atoms with Crippen molar-refractivity contribution < 1.29 is 8.42 Å². The lowest BCUT2D eigenvalue weighted by atomic mass is 9.95. The van der Waals surface area contributed by atoms with E-state index in [4.69, 9.17) is 0 Å². The van der Waals surface area contributed by atoms with E-state index >= 15 is 0 Å². The Balaban J connectivity index is 1.77. The summed E-state index contributed by atoms with van der Waals surface area (Å²) < 4.78 is 27.5. The number of benzene rings is 2. The normalized spacial score (nSPS) is 19.8. The molecule has 3 rings (SSSR count). The van der Waals surface area contributed by atoms with Crippen LogP contribution in [0.4, 0.5) is 0 Å². The molecule has 1 saturated heterocycles. The summed E-state index contributed by atoms with van der Waals surface area (Å²) in [6.45, 7) is 3.24. The Morgan fingerprint density at radius 2 is 1.71 bits per heavy atom. The molecule has 2 aromatic rings. The Morgan fingerprint density at radius 3 is 2.42 bits per heavy atom. The Labute approximate surface area is 145 Å². The summed E-state index contributed by atoms with van der Waals surface area (Å²) in [6, 6.07) is 18.1. The third kappa shape index (κ3) is 4.25. The zero-order valence-electron chi connectivity index (χ0n) is 14.2. The second-order valence-corrected chi connectivity index (χ2v) is 8.67. The van der Waals surface area contributed by atoms with Gasteiger partial charge in [0.15, 0.2) is 0 Å². The van der Waals surface area contributed by atoms with Crippen LogP contribution in [0.15, 0.2) is 54.6 Å². The molecule has 1 fully saturated rings. The monoisotopic (exact) mass is 343 g/mol. The molecule has 1 unspecified atom stereocenters. The fourth-order valence-electron chi connectivity index (χ4n) is 3.34. The molecule has 0 amide bonds. The Hall–Kier alpha value is -1.65. The van der Waals surface area contributed by atoms with Gasteiger partial charge in [0, 0.05) is 13.1 Å². The molecule has 1 aliphatic heterocycles. The van der Waals surface area contributed by atoms with Crippen molar-refractivity contribution in [2.24, 2.45) is 0 Å². The van der Waals surface area contributed by atoms with E-state index in [0.29, 0.717) is 19.0 Å². The van der Waals surface area contributed by atoms with Crippen molar-refractivity contribution in [1.29, 1.82) is 0 Å². The van der Waals surface area contributed by atoms with Gasteiger partial charge in [0.1, 0.15) is 0 Å². The summed E-state index contributed by atoms with van der Waals surface area (Å²) in [5.41, 5.74) is 3.26. The predicted molar refractivity (Wildman–Crippen MR) is 98.4 cm³/mol. The van der Waals surface area contributed by atoms with E-state index in [1.807, 2.05) is 49.4 Å². The number of nitrogens with zero attached hydrogens (tertiary/aromatic N) is 1. The van der Waals surface area contributed by atoms with E-state index in [2.05, 4.69) is 12.1 Å². The summed E-state index contributed by atoms with van der Waals surface area (Å²) in [5.74, 6) is 0.385. The lowest BCUT2D eigenvalue weighted by molar-refractivity contribution is 0.405. The third-order valence-corrected chi connectivity index (χ3v) is 6.58. The molecule has 0 saturated carbocycles. The SMILES string of the molecule is Cc1ccc(CS(=O)(=O)N2CCCCC(c3ccccc3)C2)cc1. The summed E-state index contributed by atoms with van der Waals surface area (Å²) in [6.07, 6.45) is 3.08. The zero-order valence-corrected chi connectivity index (χ0v) is 15.0. The van der Waals surface area contributed by atoms with Crippen LogP contribution in [0.5, 0.6) is 0 Å². The highest BCUT2D eigenvalue weighted by molar-refractivity contribution is 7.88. The van der Waals surface area contributed by atoms with Crippen molar-refractivity contribution >= 4 is 10.0 Å². The maximum absolute atomic E-state index is 12.9. The highest BCUT2D eigenvalue weighted by atomic mass is 32.2. The van der Waals surface area contributed by atoms with Gasteiger partial charge in [-0.25, -0.2) is 12.7 Å². The molecular formula is C20H25NO2S. The summed E-state index contributed by atoms with van der Waals surface area (Å²) >= 11 is 0. The number of aryl methyl sites for hydroxylation is 1. The molecule has 24 heavy (non-hydrogen) atoms. The van der Waals surface area contributed by atoms with Crippen LogP contribution in [0, 0.1) is 6.92 Å². The zero-order chi connectivity index (χ0) is 17.0. The smallest absolute Gasteiger partial charge is 0.212 e. The third-order valence-electron chi connectivity index (χ3n) is 4.77. The van der Waals surface area contributed by atoms with Crippen LogP contribution in [0.1, 0.15) is 41.9 Å². The summed E-state index contributed by atoms with van der Waals surface area (Å²) in [7, 11) is -3.28. The fraction of sp³-hybridized carbons (Fsp3) is 0.400. The van der Waals surface area contributed by atoms with Gasteiger partial charge in [-0.05, 0) is 36.8 Å². The van der Waals surface area contributed by atoms with Crippen molar-refractivity contribution in [1.82, 2.24) is 4.31 Å². The van der Waals surface area contributed by atoms with Gasteiger partial charge in [0.2, 0.25) is 10.0 Å². The van der Waals surface area contributed by atoms with E-state index in [1.54, 1.807) is 4.31 Å². The fourth-order valence-corrected chi connectivity index (χ4v) is 4.95. The van der Waals surface area contributed by atoms with Crippen molar-refractivity contribution in [3.63, 3.8) is 0 Å². The quantitative estimate of drug-likeness (QED) is 0.838. The summed E-state index contributed by atoms with van der Waals surface area (Å²) in [5, 5.41) is 0. The maximum Gasteiger partial charge on any atom is 0.218 e. The van der Waals surface area contributed by atoms with Crippen molar-refractivity contribution in [2.75, 3.05) is 13.1 Å². The first-order valence-corrected chi connectivity index (χ1v) is 10.2. The maximum atomic E-state index is 12.9. The van der Waals surface area contributed by atoms with Gasteiger partial charge in [0.05, 0.1) is 5.75 Å². The van der Waals surface area contributed by atoms with Gasteiger partial charge in [-0.2, -0.15) is 0 Å². The average molecular weight is 343 g/mol. The van der Waals surface area contributed by atoms with E-state index in [-0.39, 0.29) is 5.75 Å². The first-order valence-electron chi connectivity index (χ1n) is 8.63. The Morgan fingerprint density at radius 1 is 1.00 bits per heavy atom. The molecule has 1 atom stereocenters. The highest BCUT2D eigenvalue weighted by Crippen LogP contribution is 2.28. The van der Waals surface area contributed by atoms with Crippen LogP contribution in [0.3, 0.4) is 0 Å². The molecule has 1 aliphatic rings. The van der Waals surface area contributed by atoms with Crippen molar-refractivity contribution in [3.8, 4) is 0 Å². The molecule has 2 aromatic carbocycles. The van der Waals surface area contributed by atoms with Crippen LogP contribution < -0.4 is 0 Å². The molecule has 0 aliphatic carbocycles. The van der Waals surface area contributed by atoms with E-state index in [9.17, 15) is 8.42 Å².